The molecule has 0 radical (unpaired) electrons. The molecule has 0 aliphatic carbocycles. The second kappa shape index (κ2) is 5.66. The molecule has 0 amide bonds. The van der Waals surface area contributed by atoms with E-state index in [1.165, 1.54) is 13.1 Å². The van der Waals surface area contributed by atoms with Crippen molar-refractivity contribution in [1.82, 2.24) is 9.55 Å². The van der Waals surface area contributed by atoms with E-state index in [2.05, 4.69) is 10.1 Å². The first kappa shape index (κ1) is 13.3. The fraction of sp³-hybridized carbons (Fsp3) is 0.250. The maximum absolute atomic E-state index is 11.6. The van der Waals surface area contributed by atoms with Gasteiger partial charge in [-0.05, 0) is 18.4 Å². The third-order valence-corrected chi connectivity index (χ3v) is 3.38. The number of aromatic nitrogens is 2. The number of H-pyrrole nitrogens is 1. The van der Waals surface area contributed by atoms with Crippen molar-refractivity contribution in [2.45, 2.75) is 6.92 Å². The minimum absolute atomic E-state index is 0.358. The molecular formula is C12H14N4O2S. The van der Waals surface area contributed by atoms with E-state index in [1.807, 2.05) is 24.4 Å². The maximum atomic E-state index is 11.6. The van der Waals surface area contributed by atoms with Crippen molar-refractivity contribution in [2.75, 3.05) is 11.6 Å². The molecule has 0 atom stereocenters. The Morgan fingerprint density at radius 2 is 2.32 bits per heavy atom. The van der Waals surface area contributed by atoms with Crippen LogP contribution in [0.3, 0.4) is 0 Å². The van der Waals surface area contributed by atoms with Crippen LogP contribution in [0.25, 0.3) is 0 Å². The summed E-state index contributed by atoms with van der Waals surface area (Å²) in [5.74, 6) is 0.392. The molecule has 0 aromatic carbocycles. The van der Waals surface area contributed by atoms with Gasteiger partial charge in [0.05, 0.1) is 6.21 Å². The summed E-state index contributed by atoms with van der Waals surface area (Å²) in [6.45, 7) is 2.44. The van der Waals surface area contributed by atoms with Crippen LogP contribution in [0, 0.1) is 0 Å². The van der Waals surface area contributed by atoms with Crippen molar-refractivity contribution in [3.8, 4) is 0 Å². The smallest absolute Gasteiger partial charge is 0.292 e. The topological polar surface area (TPSA) is 70.5 Å². The SMILES string of the molecule is CCN(N=Cc1cccs1)c1cc(=O)n(C)c(=O)[nH]1. The van der Waals surface area contributed by atoms with Crippen molar-refractivity contribution >= 4 is 23.4 Å². The zero-order chi connectivity index (χ0) is 13.8. The van der Waals surface area contributed by atoms with E-state index >= 15 is 0 Å². The zero-order valence-corrected chi connectivity index (χ0v) is 11.5. The maximum Gasteiger partial charge on any atom is 0.329 e. The average Bonchev–Trinajstić information content (AvgIpc) is 2.89. The highest BCUT2D eigenvalue weighted by Crippen LogP contribution is 2.08. The van der Waals surface area contributed by atoms with Crippen LogP contribution < -0.4 is 16.3 Å². The Morgan fingerprint density at radius 3 is 2.89 bits per heavy atom. The number of nitrogens with one attached hydrogen (secondary N) is 1. The Bertz CT molecular complexity index is 653. The summed E-state index contributed by atoms with van der Waals surface area (Å²) in [5, 5.41) is 7.80. The van der Waals surface area contributed by atoms with Crippen LogP contribution >= 0.6 is 11.3 Å². The lowest BCUT2D eigenvalue weighted by Crippen LogP contribution is -2.34. The summed E-state index contributed by atoms with van der Waals surface area (Å²) >= 11 is 1.57. The standard InChI is InChI=1S/C12H14N4O2S/c1-3-16(13-8-9-5-4-6-19-9)10-7-11(17)15(2)12(18)14-10/h4-8H,3H2,1-2H3,(H,14,18). The molecule has 2 aromatic heterocycles. The number of aromatic amines is 1. The van der Waals surface area contributed by atoms with Crippen LogP contribution in [0.5, 0.6) is 0 Å². The van der Waals surface area contributed by atoms with Crippen LogP contribution in [0.4, 0.5) is 5.82 Å². The molecule has 0 saturated carbocycles. The zero-order valence-electron chi connectivity index (χ0n) is 10.7. The van der Waals surface area contributed by atoms with Crippen LogP contribution in [0.2, 0.25) is 0 Å². The van der Waals surface area contributed by atoms with Gasteiger partial charge in [-0.3, -0.25) is 14.3 Å². The van der Waals surface area contributed by atoms with Gasteiger partial charge < -0.3 is 0 Å². The predicted molar refractivity (Wildman–Crippen MR) is 77.2 cm³/mol. The molecular weight excluding hydrogens is 264 g/mol. The molecule has 0 fully saturated rings. The van der Waals surface area contributed by atoms with Crippen molar-refractivity contribution < 1.29 is 0 Å². The fourth-order valence-electron chi connectivity index (χ4n) is 1.49. The highest BCUT2D eigenvalue weighted by Gasteiger charge is 2.06. The molecule has 2 heterocycles. The van der Waals surface area contributed by atoms with Crippen molar-refractivity contribution in [2.24, 2.45) is 12.1 Å². The monoisotopic (exact) mass is 278 g/mol. The van der Waals surface area contributed by atoms with Crippen LogP contribution in [-0.4, -0.2) is 22.3 Å². The molecule has 0 aliphatic rings. The van der Waals surface area contributed by atoms with Gasteiger partial charge in [0.1, 0.15) is 5.82 Å². The van der Waals surface area contributed by atoms with Gasteiger partial charge in [0, 0.05) is 24.5 Å². The first-order valence-corrected chi connectivity index (χ1v) is 6.65. The van der Waals surface area contributed by atoms with E-state index in [0.29, 0.717) is 12.4 Å². The lowest BCUT2D eigenvalue weighted by atomic mass is 10.5. The van der Waals surface area contributed by atoms with Crippen LogP contribution in [-0.2, 0) is 7.05 Å². The van der Waals surface area contributed by atoms with E-state index in [4.69, 9.17) is 0 Å². The second-order valence-corrected chi connectivity index (χ2v) is 4.81. The largest absolute Gasteiger partial charge is 0.329 e. The number of anilines is 1. The molecule has 0 aliphatic heterocycles. The van der Waals surface area contributed by atoms with E-state index in [-0.39, 0.29) is 5.56 Å². The lowest BCUT2D eigenvalue weighted by Gasteiger charge is -2.15. The highest BCUT2D eigenvalue weighted by molar-refractivity contribution is 7.11. The van der Waals surface area contributed by atoms with E-state index in [9.17, 15) is 9.59 Å². The number of hydrazone groups is 1. The van der Waals surface area contributed by atoms with Crippen molar-refractivity contribution in [1.29, 1.82) is 0 Å². The third-order valence-electron chi connectivity index (χ3n) is 2.58. The Labute approximate surface area is 113 Å². The van der Waals surface area contributed by atoms with Gasteiger partial charge in [0.25, 0.3) is 5.56 Å². The Balaban J connectivity index is 2.32. The first-order chi connectivity index (χ1) is 9.11. The average molecular weight is 278 g/mol. The van der Waals surface area contributed by atoms with Gasteiger partial charge in [-0.1, -0.05) is 6.07 Å². The molecule has 0 saturated heterocycles. The summed E-state index contributed by atoms with van der Waals surface area (Å²) < 4.78 is 1.01. The van der Waals surface area contributed by atoms with E-state index in [0.717, 1.165) is 9.44 Å². The molecule has 0 spiro atoms. The lowest BCUT2D eigenvalue weighted by molar-refractivity contribution is 0.756. The summed E-state index contributed by atoms with van der Waals surface area (Å²) in [6.07, 6.45) is 1.70. The Morgan fingerprint density at radius 1 is 1.53 bits per heavy atom. The fourth-order valence-corrected chi connectivity index (χ4v) is 2.07. The Hall–Kier alpha value is -2.15. The predicted octanol–water partition coefficient (Wildman–Crippen LogP) is 0.995. The number of hydrogen-bond acceptors (Lipinski definition) is 5. The minimum atomic E-state index is -0.452. The second-order valence-electron chi connectivity index (χ2n) is 3.83. The van der Waals surface area contributed by atoms with E-state index < -0.39 is 5.69 Å². The molecule has 2 rings (SSSR count). The van der Waals surface area contributed by atoms with Gasteiger partial charge in [0.15, 0.2) is 0 Å². The number of nitrogens with zero attached hydrogens (tertiary/aromatic N) is 3. The molecule has 2 aromatic rings. The van der Waals surface area contributed by atoms with Gasteiger partial charge >= 0.3 is 5.69 Å². The molecule has 1 N–H and O–H groups in total. The molecule has 100 valence electrons. The van der Waals surface area contributed by atoms with Gasteiger partial charge in [-0.25, -0.2) is 9.80 Å². The minimum Gasteiger partial charge on any atom is -0.292 e. The van der Waals surface area contributed by atoms with Crippen molar-refractivity contribution in [3.05, 3.63) is 49.3 Å². The molecule has 19 heavy (non-hydrogen) atoms. The molecule has 6 nitrogen and oxygen atoms in total. The number of thiophene rings is 1. The van der Waals surface area contributed by atoms with Crippen LogP contribution in [0.15, 0.2) is 38.3 Å². The third kappa shape index (κ3) is 3.00. The normalized spacial score (nSPS) is 11.1. The summed E-state index contributed by atoms with van der Waals surface area (Å²) in [5.41, 5.74) is -0.809. The summed E-state index contributed by atoms with van der Waals surface area (Å²) in [4.78, 5) is 26.8. The first-order valence-electron chi connectivity index (χ1n) is 5.77. The van der Waals surface area contributed by atoms with Gasteiger partial charge in [-0.15, -0.1) is 11.3 Å². The molecule has 0 unspecified atom stereocenters. The number of hydrogen-bond donors (Lipinski definition) is 1. The Kier molecular flexibility index (Phi) is 3.96. The highest BCUT2D eigenvalue weighted by atomic mass is 32.1. The molecule has 7 heteroatoms. The summed E-state index contributed by atoms with van der Waals surface area (Å²) in [7, 11) is 1.43. The van der Waals surface area contributed by atoms with E-state index in [1.54, 1.807) is 22.6 Å². The molecule has 0 bridgehead atoms. The van der Waals surface area contributed by atoms with Crippen molar-refractivity contribution in [3.63, 3.8) is 0 Å². The quantitative estimate of drug-likeness (QED) is 0.670. The van der Waals surface area contributed by atoms with Gasteiger partial charge in [-0.2, -0.15) is 5.10 Å². The number of rotatable bonds is 4. The van der Waals surface area contributed by atoms with Crippen LogP contribution in [0.1, 0.15) is 11.8 Å². The van der Waals surface area contributed by atoms with Gasteiger partial charge in [0.2, 0.25) is 0 Å². The summed E-state index contributed by atoms with van der Waals surface area (Å²) in [6, 6.07) is 5.23.